The van der Waals surface area contributed by atoms with E-state index in [2.05, 4.69) is 39.1 Å². The molecule has 4 rings (SSSR count). The number of piperazine rings is 1. The minimum absolute atomic E-state index is 0.167. The number of amides is 1. The Hall–Kier alpha value is -2.73. The van der Waals surface area contributed by atoms with E-state index in [0.29, 0.717) is 4.91 Å². The lowest BCUT2D eigenvalue weighted by Gasteiger charge is -2.36. The summed E-state index contributed by atoms with van der Waals surface area (Å²) >= 11 is 1.45. The number of allylic oxidation sites excluding steroid dienone is 2. The van der Waals surface area contributed by atoms with Crippen LogP contribution in [0.5, 0.6) is 0 Å². The summed E-state index contributed by atoms with van der Waals surface area (Å²) in [6.07, 6.45) is 7.08. The molecule has 1 aromatic carbocycles. The van der Waals surface area contributed by atoms with Crippen LogP contribution in [0.2, 0.25) is 0 Å². The lowest BCUT2D eigenvalue weighted by Crippen LogP contribution is -2.47. The Morgan fingerprint density at radius 3 is 2.50 bits per heavy atom. The van der Waals surface area contributed by atoms with E-state index in [4.69, 9.17) is 4.42 Å². The molecule has 0 N–H and O–H groups in total. The Bertz CT molecular complexity index is 848. The maximum Gasteiger partial charge on any atom is 0.286 e. The molecule has 1 saturated heterocycles. The van der Waals surface area contributed by atoms with Crippen LogP contribution in [0.4, 0.5) is 5.69 Å². The highest BCUT2D eigenvalue weighted by molar-refractivity contribution is 8.18. The number of benzene rings is 1. The third-order valence-electron chi connectivity index (χ3n) is 4.33. The van der Waals surface area contributed by atoms with Crippen LogP contribution in [0.25, 0.3) is 6.08 Å². The van der Waals surface area contributed by atoms with Crippen LogP contribution in [-0.2, 0) is 4.79 Å². The van der Waals surface area contributed by atoms with Crippen molar-refractivity contribution in [3.05, 3.63) is 71.5 Å². The van der Waals surface area contributed by atoms with Gasteiger partial charge in [-0.1, -0.05) is 24.3 Å². The van der Waals surface area contributed by atoms with Gasteiger partial charge in [-0.2, -0.15) is 4.99 Å². The first-order valence-corrected chi connectivity index (χ1v) is 9.39. The normalized spacial score (nSPS) is 19.6. The monoisotopic (exact) mass is 365 g/mol. The molecule has 0 spiro atoms. The highest BCUT2D eigenvalue weighted by Crippen LogP contribution is 2.29. The summed E-state index contributed by atoms with van der Waals surface area (Å²) in [7, 11) is 0. The number of thioether (sulfide) groups is 1. The molecule has 26 heavy (non-hydrogen) atoms. The second-order valence-corrected chi connectivity index (χ2v) is 7.03. The van der Waals surface area contributed by atoms with Crippen molar-refractivity contribution in [2.75, 3.05) is 31.1 Å². The zero-order valence-corrected chi connectivity index (χ0v) is 15.1. The number of nitrogens with zero attached hydrogens (tertiary/aromatic N) is 3. The van der Waals surface area contributed by atoms with E-state index in [1.165, 1.54) is 17.4 Å². The van der Waals surface area contributed by atoms with Gasteiger partial charge in [-0.25, -0.2) is 0 Å². The van der Waals surface area contributed by atoms with Crippen LogP contribution in [-0.4, -0.2) is 42.2 Å². The number of hydrogen-bond donors (Lipinski definition) is 0. The fourth-order valence-corrected chi connectivity index (χ4v) is 3.88. The number of carbonyl (C=O) groups is 1. The van der Waals surface area contributed by atoms with Crippen molar-refractivity contribution in [2.45, 2.75) is 0 Å². The molecule has 0 radical (unpaired) electrons. The molecule has 1 fully saturated rings. The van der Waals surface area contributed by atoms with Gasteiger partial charge in [-0.3, -0.25) is 4.79 Å². The average Bonchev–Trinajstić information content (AvgIpc) is 3.33. The molecule has 2 aliphatic heterocycles. The number of rotatable bonds is 3. The van der Waals surface area contributed by atoms with Crippen LogP contribution in [0.3, 0.4) is 0 Å². The Labute approximate surface area is 156 Å². The third kappa shape index (κ3) is 3.75. The fourth-order valence-electron chi connectivity index (χ4n) is 2.96. The Morgan fingerprint density at radius 2 is 1.77 bits per heavy atom. The molecule has 3 heterocycles. The van der Waals surface area contributed by atoms with Crippen LogP contribution in [0, 0.1) is 0 Å². The minimum atomic E-state index is -0.167. The van der Waals surface area contributed by atoms with Gasteiger partial charge in [-0.15, -0.1) is 0 Å². The van der Waals surface area contributed by atoms with E-state index in [1.54, 1.807) is 12.3 Å². The van der Waals surface area contributed by atoms with Crippen molar-refractivity contribution in [1.82, 2.24) is 4.90 Å². The quantitative estimate of drug-likeness (QED) is 0.778. The number of para-hydroxylation sites is 1. The second kappa shape index (κ2) is 7.66. The highest BCUT2D eigenvalue weighted by Gasteiger charge is 2.28. The molecular formula is C20H19N3O2S. The number of furan rings is 1. The van der Waals surface area contributed by atoms with Crippen molar-refractivity contribution < 1.29 is 9.21 Å². The van der Waals surface area contributed by atoms with Crippen molar-refractivity contribution >= 4 is 34.6 Å². The smallest absolute Gasteiger partial charge is 0.286 e. The Morgan fingerprint density at radius 1 is 1.00 bits per heavy atom. The molecule has 2 aromatic rings. The fraction of sp³-hybridized carbons (Fsp3) is 0.200. The molecule has 5 nitrogen and oxygen atoms in total. The predicted octanol–water partition coefficient (Wildman–Crippen LogP) is 3.63. The van der Waals surface area contributed by atoms with Crippen molar-refractivity contribution in [1.29, 1.82) is 0 Å². The summed E-state index contributed by atoms with van der Waals surface area (Å²) in [5, 5.41) is 0.806. The number of carbonyl (C=O) groups excluding carboxylic acids is 1. The average molecular weight is 365 g/mol. The Kier molecular flexibility index (Phi) is 4.93. The van der Waals surface area contributed by atoms with Gasteiger partial charge in [0.15, 0.2) is 5.17 Å². The third-order valence-corrected chi connectivity index (χ3v) is 5.39. The maximum absolute atomic E-state index is 12.1. The van der Waals surface area contributed by atoms with Crippen LogP contribution in [0.1, 0.15) is 5.76 Å². The summed E-state index contributed by atoms with van der Waals surface area (Å²) < 4.78 is 5.24. The van der Waals surface area contributed by atoms with Crippen molar-refractivity contribution in [3.8, 4) is 0 Å². The first-order chi connectivity index (χ1) is 12.8. The van der Waals surface area contributed by atoms with Gasteiger partial charge in [0.25, 0.3) is 5.91 Å². The van der Waals surface area contributed by atoms with Gasteiger partial charge in [0, 0.05) is 31.9 Å². The zero-order chi connectivity index (χ0) is 17.8. The summed E-state index contributed by atoms with van der Waals surface area (Å²) in [5.41, 5.74) is 1.24. The lowest BCUT2D eigenvalue weighted by atomic mass is 10.2. The molecule has 6 heteroatoms. The summed E-state index contributed by atoms with van der Waals surface area (Å²) in [6.45, 7) is 3.58. The van der Waals surface area contributed by atoms with Crippen LogP contribution < -0.4 is 4.90 Å². The van der Waals surface area contributed by atoms with Gasteiger partial charge in [0.2, 0.25) is 0 Å². The van der Waals surface area contributed by atoms with Crippen molar-refractivity contribution in [3.63, 3.8) is 0 Å². The highest BCUT2D eigenvalue weighted by atomic mass is 32.2. The molecule has 0 saturated carbocycles. The van der Waals surface area contributed by atoms with Crippen LogP contribution >= 0.6 is 11.8 Å². The SMILES string of the molecule is O=C1N=C(N2CCN(c3ccccc3)CC2)S/C1=C/C=C/c1ccco1. The zero-order valence-electron chi connectivity index (χ0n) is 14.2. The van der Waals surface area contributed by atoms with Gasteiger partial charge in [0.1, 0.15) is 5.76 Å². The molecule has 132 valence electrons. The van der Waals surface area contributed by atoms with Crippen molar-refractivity contribution in [2.24, 2.45) is 4.99 Å². The van der Waals surface area contributed by atoms with E-state index in [0.717, 1.165) is 37.1 Å². The van der Waals surface area contributed by atoms with Gasteiger partial charge < -0.3 is 14.2 Å². The van der Waals surface area contributed by atoms with E-state index in [1.807, 2.05) is 30.4 Å². The first-order valence-electron chi connectivity index (χ1n) is 8.57. The first kappa shape index (κ1) is 16.7. The molecule has 0 aliphatic carbocycles. The van der Waals surface area contributed by atoms with Crippen LogP contribution in [0.15, 0.2) is 75.2 Å². The molecule has 1 amide bonds. The number of hydrogen-bond acceptors (Lipinski definition) is 5. The minimum Gasteiger partial charge on any atom is -0.465 e. The maximum atomic E-state index is 12.1. The standard InChI is InChI=1S/C20H19N3O2S/c24-19-18(10-4-8-17-9-5-15-25-17)26-20(21-19)23-13-11-22(12-14-23)16-6-2-1-3-7-16/h1-10,15H,11-14H2/b8-4+,18-10+. The van der Waals surface area contributed by atoms with E-state index in [-0.39, 0.29) is 5.91 Å². The molecule has 1 aromatic heterocycles. The summed E-state index contributed by atoms with van der Waals surface area (Å²) in [4.78, 5) is 21.6. The topological polar surface area (TPSA) is 49.1 Å². The lowest BCUT2D eigenvalue weighted by molar-refractivity contribution is -0.113. The predicted molar refractivity (Wildman–Crippen MR) is 106 cm³/mol. The molecule has 0 atom stereocenters. The van der Waals surface area contributed by atoms with Gasteiger partial charge in [0.05, 0.1) is 11.2 Å². The number of anilines is 1. The number of aliphatic imine (C=N–C) groups is 1. The second-order valence-electron chi connectivity index (χ2n) is 6.02. The van der Waals surface area contributed by atoms with E-state index < -0.39 is 0 Å². The molecular weight excluding hydrogens is 346 g/mol. The number of amidine groups is 1. The summed E-state index contributed by atoms with van der Waals surface area (Å²) in [6, 6.07) is 14.1. The van der Waals surface area contributed by atoms with E-state index >= 15 is 0 Å². The molecule has 0 bridgehead atoms. The summed E-state index contributed by atoms with van der Waals surface area (Å²) in [5.74, 6) is 0.593. The van der Waals surface area contributed by atoms with Gasteiger partial charge >= 0.3 is 0 Å². The molecule has 0 unspecified atom stereocenters. The van der Waals surface area contributed by atoms with E-state index in [9.17, 15) is 4.79 Å². The largest absolute Gasteiger partial charge is 0.465 e. The molecule has 2 aliphatic rings. The van der Waals surface area contributed by atoms with Gasteiger partial charge in [-0.05, 0) is 48.2 Å². The Balaban J connectivity index is 1.35.